The third-order valence-corrected chi connectivity index (χ3v) is 5.22. The van der Waals surface area contributed by atoms with Crippen LogP contribution in [0.2, 0.25) is 0 Å². The smallest absolute Gasteiger partial charge is 0.244 e. The minimum Gasteiger partial charge on any atom is -0.312 e. The average molecular weight is 300 g/mol. The number of hydrogen-bond acceptors (Lipinski definition) is 4. The minimum atomic E-state index is -3.49. The zero-order valence-corrected chi connectivity index (χ0v) is 13.2. The van der Waals surface area contributed by atoms with E-state index in [1.54, 1.807) is 10.9 Å². The van der Waals surface area contributed by atoms with E-state index in [1.807, 2.05) is 20.8 Å². The van der Waals surface area contributed by atoms with Gasteiger partial charge in [-0.3, -0.25) is 4.68 Å². The summed E-state index contributed by atoms with van der Waals surface area (Å²) in [7, 11) is -3.49. The van der Waals surface area contributed by atoms with Crippen LogP contribution in [0.5, 0.6) is 0 Å². The van der Waals surface area contributed by atoms with Crippen molar-refractivity contribution in [3.8, 4) is 0 Å². The molecule has 1 saturated carbocycles. The zero-order chi connectivity index (χ0) is 14.8. The molecule has 0 atom stereocenters. The fourth-order valence-corrected chi connectivity index (χ4v) is 3.21. The van der Waals surface area contributed by atoms with Crippen LogP contribution in [0.25, 0.3) is 0 Å². The summed E-state index contributed by atoms with van der Waals surface area (Å²) in [4.78, 5) is 0.227. The van der Waals surface area contributed by atoms with Gasteiger partial charge in [-0.25, -0.2) is 13.1 Å². The summed E-state index contributed by atoms with van der Waals surface area (Å²) < 4.78 is 28.8. The minimum absolute atomic E-state index is 0.227. The summed E-state index contributed by atoms with van der Waals surface area (Å²) in [5.41, 5.74) is -0.450. The maximum Gasteiger partial charge on any atom is 0.244 e. The first kappa shape index (κ1) is 15.5. The Balaban J connectivity index is 1.95. The Bertz CT molecular complexity index is 546. The highest BCUT2D eigenvalue weighted by Crippen LogP contribution is 2.18. The van der Waals surface area contributed by atoms with Gasteiger partial charge in [-0.1, -0.05) is 6.92 Å². The number of aromatic nitrogens is 2. The van der Waals surface area contributed by atoms with Gasteiger partial charge in [0.2, 0.25) is 10.0 Å². The van der Waals surface area contributed by atoms with Crippen molar-refractivity contribution >= 4 is 10.0 Å². The Morgan fingerprint density at radius 3 is 2.75 bits per heavy atom. The van der Waals surface area contributed by atoms with Crippen molar-refractivity contribution in [3.05, 3.63) is 12.4 Å². The van der Waals surface area contributed by atoms with Gasteiger partial charge in [0.05, 0.1) is 12.7 Å². The van der Waals surface area contributed by atoms with Crippen LogP contribution in [0.3, 0.4) is 0 Å². The molecule has 7 heteroatoms. The van der Waals surface area contributed by atoms with Crippen LogP contribution >= 0.6 is 0 Å². The van der Waals surface area contributed by atoms with E-state index in [0.717, 1.165) is 13.0 Å². The van der Waals surface area contributed by atoms with Gasteiger partial charge in [0.15, 0.2) is 0 Å². The molecule has 0 radical (unpaired) electrons. The summed E-state index contributed by atoms with van der Waals surface area (Å²) in [6.07, 6.45) is 6.21. The van der Waals surface area contributed by atoms with E-state index in [-0.39, 0.29) is 4.90 Å². The number of hydrogen-bond donors (Lipinski definition) is 2. The second-order valence-corrected chi connectivity index (χ2v) is 7.69. The van der Waals surface area contributed by atoms with Crippen LogP contribution in [0.1, 0.15) is 40.0 Å². The van der Waals surface area contributed by atoms with Crippen LogP contribution < -0.4 is 10.0 Å². The number of sulfonamides is 1. The molecule has 2 N–H and O–H groups in total. The second kappa shape index (κ2) is 5.83. The predicted molar refractivity (Wildman–Crippen MR) is 77.9 cm³/mol. The number of nitrogens with zero attached hydrogens (tertiary/aromatic N) is 2. The molecule has 1 heterocycles. The normalized spacial score (nSPS) is 16.6. The Labute approximate surface area is 121 Å². The Kier molecular flexibility index (Phi) is 4.51. The molecule has 0 bridgehead atoms. The first-order valence-corrected chi connectivity index (χ1v) is 8.60. The highest BCUT2D eigenvalue weighted by atomic mass is 32.2. The fourth-order valence-electron chi connectivity index (χ4n) is 1.77. The average Bonchev–Trinajstić information content (AvgIpc) is 3.03. The van der Waals surface area contributed by atoms with Gasteiger partial charge in [0.25, 0.3) is 0 Å². The largest absolute Gasteiger partial charge is 0.312 e. The van der Waals surface area contributed by atoms with Gasteiger partial charge in [0, 0.05) is 24.3 Å². The molecule has 1 aliphatic rings. The molecule has 1 aromatic heterocycles. The van der Waals surface area contributed by atoms with E-state index in [9.17, 15) is 8.42 Å². The van der Waals surface area contributed by atoms with Gasteiger partial charge in [0.1, 0.15) is 4.90 Å². The highest BCUT2D eigenvalue weighted by molar-refractivity contribution is 7.89. The Hall–Kier alpha value is -0.920. The summed E-state index contributed by atoms with van der Waals surface area (Å²) in [6.45, 7) is 7.20. The third kappa shape index (κ3) is 4.29. The SMILES string of the molecule is CCC(C)(C)NS(=O)(=O)c1cnn(CCNC2CC2)c1. The Morgan fingerprint density at radius 2 is 2.15 bits per heavy atom. The van der Waals surface area contributed by atoms with E-state index in [2.05, 4.69) is 15.1 Å². The van der Waals surface area contributed by atoms with E-state index in [1.165, 1.54) is 19.0 Å². The van der Waals surface area contributed by atoms with Crippen LogP contribution in [-0.4, -0.2) is 36.3 Å². The molecule has 6 nitrogen and oxygen atoms in total. The fraction of sp³-hybridized carbons (Fsp3) is 0.769. The molecule has 20 heavy (non-hydrogen) atoms. The van der Waals surface area contributed by atoms with E-state index in [4.69, 9.17) is 0 Å². The van der Waals surface area contributed by atoms with Crippen molar-refractivity contribution in [1.29, 1.82) is 0 Å². The molecule has 0 aliphatic heterocycles. The lowest BCUT2D eigenvalue weighted by Crippen LogP contribution is -2.42. The van der Waals surface area contributed by atoms with Crippen LogP contribution in [0.15, 0.2) is 17.3 Å². The summed E-state index contributed by atoms with van der Waals surface area (Å²) >= 11 is 0. The van der Waals surface area contributed by atoms with Crippen molar-refractivity contribution in [2.24, 2.45) is 0 Å². The maximum atomic E-state index is 12.2. The molecule has 0 spiro atoms. The van der Waals surface area contributed by atoms with Crippen molar-refractivity contribution < 1.29 is 8.42 Å². The van der Waals surface area contributed by atoms with Crippen molar-refractivity contribution in [1.82, 2.24) is 19.8 Å². The van der Waals surface area contributed by atoms with Gasteiger partial charge < -0.3 is 5.32 Å². The molecular formula is C13H24N4O2S. The first-order chi connectivity index (χ1) is 9.32. The van der Waals surface area contributed by atoms with Gasteiger partial charge in [-0.15, -0.1) is 0 Å². The molecule has 1 fully saturated rings. The van der Waals surface area contributed by atoms with Gasteiger partial charge >= 0.3 is 0 Å². The van der Waals surface area contributed by atoms with E-state index in [0.29, 0.717) is 12.6 Å². The quantitative estimate of drug-likeness (QED) is 0.754. The predicted octanol–water partition coefficient (Wildman–Crippen LogP) is 1.10. The second-order valence-electron chi connectivity index (χ2n) is 6.01. The standard InChI is InChI=1S/C13H24N4O2S/c1-4-13(2,3)16-20(18,19)12-9-15-17(10-12)8-7-14-11-5-6-11/h9-11,14,16H,4-8H2,1-3H3. The Morgan fingerprint density at radius 1 is 1.45 bits per heavy atom. The number of nitrogens with one attached hydrogen (secondary N) is 2. The molecule has 114 valence electrons. The maximum absolute atomic E-state index is 12.2. The molecule has 1 aliphatic carbocycles. The summed E-state index contributed by atoms with van der Waals surface area (Å²) in [6, 6.07) is 0.654. The molecule has 0 saturated heterocycles. The van der Waals surface area contributed by atoms with Crippen molar-refractivity contribution in [2.75, 3.05) is 6.54 Å². The topological polar surface area (TPSA) is 76.0 Å². The lowest BCUT2D eigenvalue weighted by molar-refractivity contribution is 0.439. The molecule has 0 unspecified atom stereocenters. The monoisotopic (exact) mass is 300 g/mol. The van der Waals surface area contributed by atoms with Crippen LogP contribution in [0.4, 0.5) is 0 Å². The van der Waals surface area contributed by atoms with Crippen molar-refractivity contribution in [3.63, 3.8) is 0 Å². The van der Waals surface area contributed by atoms with Crippen molar-refractivity contribution in [2.45, 2.75) is 63.1 Å². The third-order valence-electron chi connectivity index (χ3n) is 3.57. The number of rotatable bonds is 8. The van der Waals surface area contributed by atoms with Gasteiger partial charge in [-0.05, 0) is 33.1 Å². The molecule has 0 aromatic carbocycles. The van der Waals surface area contributed by atoms with Gasteiger partial charge in [-0.2, -0.15) is 5.10 Å². The molecule has 2 rings (SSSR count). The molecule has 0 amide bonds. The highest BCUT2D eigenvalue weighted by Gasteiger charge is 2.25. The summed E-state index contributed by atoms with van der Waals surface area (Å²) in [5.74, 6) is 0. The van der Waals surface area contributed by atoms with Crippen LogP contribution in [0, 0.1) is 0 Å². The van der Waals surface area contributed by atoms with Crippen LogP contribution in [-0.2, 0) is 16.6 Å². The lowest BCUT2D eigenvalue weighted by Gasteiger charge is -2.23. The lowest BCUT2D eigenvalue weighted by atomic mass is 10.0. The van der Waals surface area contributed by atoms with E-state index < -0.39 is 15.6 Å². The molecule has 1 aromatic rings. The zero-order valence-electron chi connectivity index (χ0n) is 12.4. The van der Waals surface area contributed by atoms with E-state index >= 15 is 0 Å². The summed E-state index contributed by atoms with van der Waals surface area (Å²) in [5, 5.41) is 7.49. The molecular weight excluding hydrogens is 276 g/mol. The first-order valence-electron chi connectivity index (χ1n) is 7.12.